The lowest BCUT2D eigenvalue weighted by Crippen LogP contribution is -1.94. The Morgan fingerprint density at radius 2 is 2.10 bits per heavy atom. The maximum Gasteiger partial charge on any atom is 0.109 e. The molecule has 1 heterocycles. The number of hydrogen-bond acceptors (Lipinski definition) is 2. The number of nitrogens with zero attached hydrogens (tertiary/aromatic N) is 1. The van der Waals surface area contributed by atoms with Crippen LogP contribution in [0.2, 0.25) is 0 Å². The van der Waals surface area contributed by atoms with Crippen LogP contribution in [0.15, 0.2) is 10.7 Å². The summed E-state index contributed by atoms with van der Waals surface area (Å²) in [5.41, 5.74) is 8.30. The van der Waals surface area contributed by atoms with Crippen LogP contribution in [0, 0.1) is 13.8 Å². The molecule has 0 saturated carbocycles. The first-order valence-corrected chi connectivity index (χ1v) is 3.80. The van der Waals surface area contributed by atoms with Gasteiger partial charge in [-0.2, -0.15) is 0 Å². The van der Waals surface area contributed by atoms with E-state index in [2.05, 4.69) is 20.9 Å². The molecule has 0 fully saturated rings. The fraction of sp³-hybridized carbons (Fsp3) is 0.286. The molecule has 10 heavy (non-hydrogen) atoms. The smallest absolute Gasteiger partial charge is 0.109 e. The zero-order chi connectivity index (χ0) is 7.72. The van der Waals surface area contributed by atoms with Crippen molar-refractivity contribution in [1.29, 1.82) is 0 Å². The molecule has 0 saturated heterocycles. The van der Waals surface area contributed by atoms with Crippen molar-refractivity contribution >= 4 is 21.6 Å². The summed E-state index contributed by atoms with van der Waals surface area (Å²) in [6.45, 7) is 3.85. The molecule has 2 N–H and O–H groups in total. The molecule has 0 atom stereocenters. The maximum absolute atomic E-state index is 5.61. The summed E-state index contributed by atoms with van der Waals surface area (Å²) in [5, 5.41) is 0. The normalized spacial score (nSPS) is 9.90. The number of hydrogen-bond donors (Lipinski definition) is 1. The van der Waals surface area contributed by atoms with Gasteiger partial charge in [-0.25, -0.2) is 4.98 Å². The zero-order valence-corrected chi connectivity index (χ0v) is 7.57. The molecule has 1 aromatic heterocycles. The van der Waals surface area contributed by atoms with E-state index >= 15 is 0 Å². The Morgan fingerprint density at radius 3 is 2.60 bits per heavy atom. The summed E-state index contributed by atoms with van der Waals surface area (Å²) in [5.74, 6) is 0. The number of nitrogen functional groups attached to an aromatic ring is 1. The maximum atomic E-state index is 5.61. The fourth-order valence-electron chi connectivity index (χ4n) is 0.697. The summed E-state index contributed by atoms with van der Waals surface area (Å²) in [6, 6.07) is 1.91. The molecule has 54 valence electrons. The number of anilines is 1. The van der Waals surface area contributed by atoms with E-state index in [1.807, 2.05) is 19.9 Å². The second-order valence-electron chi connectivity index (χ2n) is 2.27. The number of nitrogens with two attached hydrogens (primary N) is 1. The van der Waals surface area contributed by atoms with Gasteiger partial charge in [0, 0.05) is 0 Å². The van der Waals surface area contributed by atoms with Crippen molar-refractivity contribution < 1.29 is 0 Å². The fourth-order valence-corrected chi connectivity index (χ4v) is 1.08. The summed E-state index contributed by atoms with van der Waals surface area (Å²) < 4.78 is 0.874. The first kappa shape index (κ1) is 7.54. The SMILES string of the molecule is Cc1cc(N)c(C)nc1Br. The Morgan fingerprint density at radius 1 is 1.50 bits per heavy atom. The highest BCUT2D eigenvalue weighted by atomic mass is 79.9. The first-order chi connectivity index (χ1) is 4.61. The Hall–Kier alpha value is -0.570. The molecule has 2 nitrogen and oxygen atoms in total. The van der Waals surface area contributed by atoms with Crippen molar-refractivity contribution in [3.63, 3.8) is 0 Å². The summed E-state index contributed by atoms with van der Waals surface area (Å²) >= 11 is 3.31. The van der Waals surface area contributed by atoms with Crippen LogP contribution in [0.3, 0.4) is 0 Å². The molecule has 0 aliphatic heterocycles. The van der Waals surface area contributed by atoms with E-state index in [1.54, 1.807) is 0 Å². The second kappa shape index (κ2) is 2.58. The van der Waals surface area contributed by atoms with Crippen molar-refractivity contribution in [1.82, 2.24) is 4.98 Å². The standard InChI is InChI=1S/C7H9BrN2/c1-4-3-6(9)5(2)10-7(4)8/h3H,9H2,1-2H3. The van der Waals surface area contributed by atoms with E-state index in [4.69, 9.17) is 5.73 Å². The highest BCUT2D eigenvalue weighted by Crippen LogP contribution is 2.17. The van der Waals surface area contributed by atoms with Crippen molar-refractivity contribution in [3.8, 4) is 0 Å². The first-order valence-electron chi connectivity index (χ1n) is 3.00. The highest BCUT2D eigenvalue weighted by molar-refractivity contribution is 9.10. The van der Waals surface area contributed by atoms with Gasteiger partial charge in [0.15, 0.2) is 0 Å². The molecule has 0 unspecified atom stereocenters. The third-order valence-corrected chi connectivity index (χ3v) is 2.18. The number of rotatable bonds is 0. The average molecular weight is 201 g/mol. The summed E-state index contributed by atoms with van der Waals surface area (Å²) in [6.07, 6.45) is 0. The number of aryl methyl sites for hydroxylation is 2. The number of aromatic nitrogens is 1. The van der Waals surface area contributed by atoms with Gasteiger partial charge in [-0.3, -0.25) is 0 Å². The van der Waals surface area contributed by atoms with Crippen LogP contribution in [0.4, 0.5) is 5.69 Å². The van der Waals surface area contributed by atoms with E-state index in [0.29, 0.717) is 0 Å². The molecule has 1 rings (SSSR count). The molecule has 3 heteroatoms. The van der Waals surface area contributed by atoms with Crippen molar-refractivity contribution in [3.05, 3.63) is 21.9 Å². The minimum Gasteiger partial charge on any atom is -0.397 e. The number of pyridine rings is 1. The molecule has 0 bridgehead atoms. The molecule has 0 aromatic carbocycles. The lowest BCUT2D eigenvalue weighted by atomic mass is 10.2. The van der Waals surface area contributed by atoms with Gasteiger partial charge in [0.2, 0.25) is 0 Å². The van der Waals surface area contributed by atoms with Crippen LogP contribution in [-0.2, 0) is 0 Å². The quantitative estimate of drug-likeness (QED) is 0.652. The Labute approximate surface area is 68.6 Å². The van der Waals surface area contributed by atoms with Crippen molar-refractivity contribution in [2.24, 2.45) is 0 Å². The Kier molecular flexibility index (Phi) is 1.94. The lowest BCUT2D eigenvalue weighted by molar-refractivity contribution is 1.14. The predicted molar refractivity (Wildman–Crippen MR) is 45.8 cm³/mol. The van der Waals surface area contributed by atoms with E-state index in [-0.39, 0.29) is 0 Å². The summed E-state index contributed by atoms with van der Waals surface area (Å²) in [7, 11) is 0. The van der Waals surface area contributed by atoms with Gasteiger partial charge in [-0.05, 0) is 41.4 Å². The van der Waals surface area contributed by atoms with Crippen LogP contribution in [0.25, 0.3) is 0 Å². The molecular weight excluding hydrogens is 192 g/mol. The van der Waals surface area contributed by atoms with Gasteiger partial charge in [0.1, 0.15) is 4.60 Å². The van der Waals surface area contributed by atoms with Gasteiger partial charge in [-0.15, -0.1) is 0 Å². The zero-order valence-electron chi connectivity index (χ0n) is 5.98. The van der Waals surface area contributed by atoms with Gasteiger partial charge < -0.3 is 5.73 Å². The number of halogens is 1. The summed E-state index contributed by atoms with van der Waals surface area (Å²) in [4.78, 5) is 4.16. The highest BCUT2D eigenvalue weighted by Gasteiger charge is 1.99. The van der Waals surface area contributed by atoms with Crippen LogP contribution in [0.5, 0.6) is 0 Å². The van der Waals surface area contributed by atoms with E-state index in [1.165, 1.54) is 0 Å². The topological polar surface area (TPSA) is 38.9 Å². The third-order valence-electron chi connectivity index (χ3n) is 1.38. The van der Waals surface area contributed by atoms with Gasteiger partial charge >= 0.3 is 0 Å². The van der Waals surface area contributed by atoms with Crippen LogP contribution >= 0.6 is 15.9 Å². The molecule has 0 amide bonds. The second-order valence-corrected chi connectivity index (χ2v) is 3.02. The van der Waals surface area contributed by atoms with Crippen LogP contribution < -0.4 is 5.73 Å². The molecule has 1 aromatic rings. The van der Waals surface area contributed by atoms with Gasteiger partial charge in [0.25, 0.3) is 0 Å². The molecular formula is C7H9BrN2. The minimum atomic E-state index is 0.751. The van der Waals surface area contributed by atoms with Crippen LogP contribution in [-0.4, -0.2) is 4.98 Å². The van der Waals surface area contributed by atoms with Gasteiger partial charge in [0.05, 0.1) is 11.4 Å². The molecule has 0 aliphatic rings. The molecule has 0 spiro atoms. The molecule has 0 aliphatic carbocycles. The minimum absolute atomic E-state index is 0.751. The Balaban J connectivity index is 3.28. The van der Waals surface area contributed by atoms with Crippen molar-refractivity contribution in [2.45, 2.75) is 13.8 Å². The van der Waals surface area contributed by atoms with Gasteiger partial charge in [-0.1, -0.05) is 0 Å². The van der Waals surface area contributed by atoms with E-state index in [9.17, 15) is 0 Å². The van der Waals surface area contributed by atoms with Crippen molar-refractivity contribution in [2.75, 3.05) is 5.73 Å². The monoisotopic (exact) mass is 200 g/mol. The average Bonchev–Trinajstić information content (AvgIpc) is 1.84. The van der Waals surface area contributed by atoms with Crippen LogP contribution in [0.1, 0.15) is 11.3 Å². The lowest BCUT2D eigenvalue weighted by Gasteiger charge is -2.01. The van der Waals surface area contributed by atoms with E-state index < -0.39 is 0 Å². The predicted octanol–water partition coefficient (Wildman–Crippen LogP) is 2.04. The molecule has 0 radical (unpaired) electrons. The Bertz CT molecular complexity index is 208. The van der Waals surface area contributed by atoms with E-state index in [0.717, 1.165) is 21.5 Å². The largest absolute Gasteiger partial charge is 0.397 e. The third kappa shape index (κ3) is 1.29.